The third kappa shape index (κ3) is 2.00. The lowest BCUT2D eigenvalue weighted by molar-refractivity contribution is -0.402. The third-order valence-corrected chi connectivity index (χ3v) is 3.55. The Kier molecular flexibility index (Phi) is 2.68. The van der Waals surface area contributed by atoms with Crippen LogP contribution in [0.2, 0.25) is 0 Å². The van der Waals surface area contributed by atoms with Crippen LogP contribution in [0.4, 0.5) is 10.7 Å². The Morgan fingerprint density at radius 1 is 1.43 bits per heavy atom. The summed E-state index contributed by atoms with van der Waals surface area (Å²) >= 11 is 0. The van der Waals surface area contributed by atoms with Crippen molar-refractivity contribution in [1.82, 2.24) is 15.5 Å². The van der Waals surface area contributed by atoms with E-state index in [4.69, 9.17) is 4.42 Å². The Morgan fingerprint density at radius 3 is 2.76 bits per heavy atom. The van der Waals surface area contributed by atoms with Crippen molar-refractivity contribution in [2.24, 2.45) is 0 Å². The summed E-state index contributed by atoms with van der Waals surface area (Å²) < 4.78 is 4.84. The van der Waals surface area contributed by atoms with Crippen LogP contribution in [0.5, 0.6) is 0 Å². The highest BCUT2D eigenvalue weighted by atomic mass is 16.6. The lowest BCUT2D eigenvalue weighted by Gasteiger charge is -2.20. The molecule has 0 radical (unpaired) electrons. The summed E-state index contributed by atoms with van der Waals surface area (Å²) in [6.45, 7) is 0.235. The van der Waals surface area contributed by atoms with E-state index >= 15 is 0 Å². The van der Waals surface area contributed by atoms with Crippen LogP contribution < -0.4 is 10.6 Å². The van der Waals surface area contributed by atoms with Gasteiger partial charge in [0.25, 0.3) is 11.8 Å². The molecule has 0 aliphatic carbocycles. The van der Waals surface area contributed by atoms with E-state index in [1.54, 1.807) is 0 Å². The van der Waals surface area contributed by atoms with Crippen LogP contribution in [0, 0.1) is 10.1 Å². The lowest BCUT2D eigenvalue weighted by atomic mass is 10.00. The van der Waals surface area contributed by atoms with Gasteiger partial charge in [-0.2, -0.15) is 0 Å². The van der Waals surface area contributed by atoms with Crippen molar-refractivity contribution in [3.05, 3.63) is 28.0 Å². The molecule has 10 nitrogen and oxygen atoms in total. The second kappa shape index (κ2) is 4.30. The molecule has 110 valence electrons. The van der Waals surface area contributed by atoms with E-state index in [-0.39, 0.29) is 25.3 Å². The number of furan rings is 1. The highest BCUT2D eigenvalue weighted by molar-refractivity contribution is 6.08. The number of carbonyl (C=O) groups excluding carboxylic acids is 3. The summed E-state index contributed by atoms with van der Waals surface area (Å²) in [5.41, 5.74) is -1.12. The molecule has 21 heavy (non-hydrogen) atoms. The predicted octanol–water partition coefficient (Wildman–Crippen LogP) is -0.388. The Morgan fingerprint density at radius 2 is 2.19 bits per heavy atom. The molecule has 0 bridgehead atoms. The molecule has 0 aromatic carbocycles. The standard InChI is InChI=1S/C11H10N4O6/c16-8(6-1-2-7(21-6)15(19)20)14-4-3-11(5-14)9(17)12-10(18)13-11/h1-2H,3-5H2,(H2,12,13,17,18). The van der Waals surface area contributed by atoms with E-state index in [2.05, 4.69) is 10.6 Å². The van der Waals surface area contributed by atoms with Crippen molar-refractivity contribution >= 4 is 23.7 Å². The number of carbonyl (C=O) groups is 3. The van der Waals surface area contributed by atoms with E-state index in [0.29, 0.717) is 0 Å². The van der Waals surface area contributed by atoms with E-state index in [0.717, 1.165) is 6.07 Å². The largest absolute Gasteiger partial charge is 0.433 e. The minimum absolute atomic E-state index is 0.00208. The first-order valence-electron chi connectivity index (χ1n) is 6.08. The summed E-state index contributed by atoms with van der Waals surface area (Å²) in [6.07, 6.45) is 0.277. The Labute approximate surface area is 117 Å². The minimum atomic E-state index is -1.12. The van der Waals surface area contributed by atoms with Gasteiger partial charge in [-0.25, -0.2) is 4.79 Å². The average Bonchev–Trinajstić information content (AvgIpc) is 3.10. The van der Waals surface area contributed by atoms with E-state index < -0.39 is 34.2 Å². The zero-order chi connectivity index (χ0) is 15.2. The fourth-order valence-corrected chi connectivity index (χ4v) is 2.50. The summed E-state index contributed by atoms with van der Waals surface area (Å²) in [5, 5.41) is 15.2. The van der Waals surface area contributed by atoms with Gasteiger partial charge in [0, 0.05) is 6.54 Å². The molecule has 2 saturated heterocycles. The monoisotopic (exact) mass is 294 g/mol. The SMILES string of the molecule is O=C1NC(=O)C2(CCN(C(=O)c3ccc([N+](=O)[O-])o3)C2)N1. The summed E-state index contributed by atoms with van der Waals surface area (Å²) in [6, 6.07) is 1.70. The molecule has 1 aromatic heterocycles. The van der Waals surface area contributed by atoms with Crippen molar-refractivity contribution in [3.8, 4) is 0 Å². The van der Waals surface area contributed by atoms with Gasteiger partial charge in [0.15, 0.2) is 5.76 Å². The highest BCUT2D eigenvalue weighted by Crippen LogP contribution is 2.27. The van der Waals surface area contributed by atoms with Gasteiger partial charge in [-0.15, -0.1) is 0 Å². The first kappa shape index (κ1) is 13.1. The number of urea groups is 1. The maximum absolute atomic E-state index is 12.2. The molecule has 1 spiro atoms. The topological polar surface area (TPSA) is 135 Å². The molecule has 2 aliphatic heterocycles. The molecule has 2 aliphatic rings. The van der Waals surface area contributed by atoms with Crippen molar-refractivity contribution in [2.45, 2.75) is 12.0 Å². The van der Waals surface area contributed by atoms with Crippen molar-refractivity contribution in [3.63, 3.8) is 0 Å². The summed E-state index contributed by atoms with van der Waals surface area (Å²) in [4.78, 5) is 46.2. The van der Waals surface area contributed by atoms with Gasteiger partial charge >= 0.3 is 11.9 Å². The van der Waals surface area contributed by atoms with E-state index in [1.165, 1.54) is 11.0 Å². The summed E-state index contributed by atoms with van der Waals surface area (Å²) in [5.74, 6) is -1.75. The van der Waals surface area contributed by atoms with Crippen molar-refractivity contribution in [2.75, 3.05) is 13.1 Å². The Hall–Kier alpha value is -2.91. The highest BCUT2D eigenvalue weighted by Gasteiger charge is 2.52. The van der Waals surface area contributed by atoms with Crippen LogP contribution >= 0.6 is 0 Å². The van der Waals surface area contributed by atoms with Gasteiger partial charge in [-0.3, -0.25) is 25.0 Å². The van der Waals surface area contributed by atoms with Gasteiger partial charge in [-0.1, -0.05) is 0 Å². The summed E-state index contributed by atoms with van der Waals surface area (Å²) in [7, 11) is 0. The molecular weight excluding hydrogens is 284 g/mol. The Balaban J connectivity index is 1.76. The van der Waals surface area contributed by atoms with E-state index in [9.17, 15) is 24.5 Å². The number of rotatable bonds is 2. The maximum atomic E-state index is 12.2. The van der Waals surface area contributed by atoms with Crippen LogP contribution in [-0.4, -0.2) is 46.3 Å². The number of amides is 4. The fourth-order valence-electron chi connectivity index (χ4n) is 2.50. The zero-order valence-electron chi connectivity index (χ0n) is 10.6. The lowest BCUT2D eigenvalue weighted by Crippen LogP contribution is -2.49. The molecule has 1 aromatic rings. The number of nitro groups is 1. The number of hydrogen-bond acceptors (Lipinski definition) is 6. The predicted molar refractivity (Wildman–Crippen MR) is 65.3 cm³/mol. The molecule has 2 fully saturated rings. The molecule has 0 saturated carbocycles. The van der Waals surface area contributed by atoms with E-state index in [1.807, 2.05) is 0 Å². The first-order valence-corrected chi connectivity index (χ1v) is 6.08. The second-order valence-corrected chi connectivity index (χ2v) is 4.86. The van der Waals surface area contributed by atoms with Gasteiger partial charge in [0.1, 0.15) is 10.5 Å². The van der Waals surface area contributed by atoms with Crippen LogP contribution in [0.1, 0.15) is 17.0 Å². The van der Waals surface area contributed by atoms with Crippen LogP contribution in [0.25, 0.3) is 0 Å². The average molecular weight is 294 g/mol. The second-order valence-electron chi connectivity index (χ2n) is 4.86. The van der Waals surface area contributed by atoms with Crippen LogP contribution in [-0.2, 0) is 4.79 Å². The third-order valence-electron chi connectivity index (χ3n) is 3.55. The van der Waals surface area contributed by atoms with Gasteiger partial charge in [0.05, 0.1) is 12.6 Å². The number of imide groups is 1. The fraction of sp³-hybridized carbons (Fsp3) is 0.364. The van der Waals surface area contributed by atoms with Crippen LogP contribution in [0.15, 0.2) is 16.5 Å². The van der Waals surface area contributed by atoms with Crippen molar-refractivity contribution in [1.29, 1.82) is 0 Å². The molecule has 2 N–H and O–H groups in total. The molecule has 10 heteroatoms. The van der Waals surface area contributed by atoms with Gasteiger partial charge in [-0.05, 0) is 12.5 Å². The zero-order valence-corrected chi connectivity index (χ0v) is 10.6. The van der Waals surface area contributed by atoms with Gasteiger partial charge < -0.3 is 14.6 Å². The van der Waals surface area contributed by atoms with Crippen LogP contribution in [0.3, 0.4) is 0 Å². The molecule has 1 unspecified atom stereocenters. The van der Waals surface area contributed by atoms with Gasteiger partial charge in [0.2, 0.25) is 0 Å². The number of nitrogens with one attached hydrogen (secondary N) is 2. The Bertz CT molecular complexity index is 667. The normalized spacial score (nSPS) is 24.3. The maximum Gasteiger partial charge on any atom is 0.433 e. The number of hydrogen-bond donors (Lipinski definition) is 2. The molecular formula is C11H10N4O6. The molecule has 3 heterocycles. The number of nitrogens with zero attached hydrogens (tertiary/aromatic N) is 2. The number of likely N-dealkylation sites (tertiary alicyclic amines) is 1. The van der Waals surface area contributed by atoms with Crippen molar-refractivity contribution < 1.29 is 23.7 Å². The smallest absolute Gasteiger partial charge is 0.395 e. The minimum Gasteiger partial charge on any atom is -0.395 e. The first-order chi connectivity index (χ1) is 9.91. The quantitative estimate of drug-likeness (QED) is 0.433. The molecule has 3 rings (SSSR count). The molecule has 4 amide bonds. The molecule has 1 atom stereocenters.